The molecule has 1 fully saturated rings. The van der Waals surface area contributed by atoms with E-state index in [1.807, 2.05) is 27.7 Å². The van der Waals surface area contributed by atoms with Gasteiger partial charge in [0.2, 0.25) is 11.8 Å². The molecule has 1 atom stereocenters. The topological polar surface area (TPSA) is 40.6 Å². The van der Waals surface area contributed by atoms with Gasteiger partial charge in [0.1, 0.15) is 6.54 Å². The fourth-order valence-corrected chi connectivity index (χ4v) is 2.70. The number of alkyl halides is 3. The third-order valence-electron chi connectivity index (χ3n) is 3.42. The third-order valence-corrected chi connectivity index (χ3v) is 3.42. The molecular weight excluding hydrogens is 297 g/mol. The minimum Gasteiger partial charge on any atom is -0.342 e. The Morgan fingerprint density at radius 3 is 2.14 bits per heavy atom. The smallest absolute Gasteiger partial charge is 0.342 e. The number of nitrogens with zero attached hydrogens (tertiary/aromatic N) is 2. The number of hydrogen-bond acceptors (Lipinski definition) is 2. The summed E-state index contributed by atoms with van der Waals surface area (Å²) in [7, 11) is 0. The number of likely N-dealkylation sites (tertiary alicyclic amines) is 1. The molecule has 0 radical (unpaired) electrons. The molecule has 0 spiro atoms. The molecule has 22 heavy (non-hydrogen) atoms. The summed E-state index contributed by atoms with van der Waals surface area (Å²) in [4.78, 5) is 26.7. The van der Waals surface area contributed by atoms with E-state index in [9.17, 15) is 22.8 Å². The molecule has 1 aliphatic rings. The van der Waals surface area contributed by atoms with Crippen LogP contribution in [0.1, 0.15) is 34.1 Å². The highest BCUT2D eigenvalue weighted by Gasteiger charge is 2.41. The lowest BCUT2D eigenvalue weighted by atomic mass is 10.0. The van der Waals surface area contributed by atoms with Gasteiger partial charge in [0.05, 0.1) is 5.92 Å². The highest BCUT2D eigenvalue weighted by molar-refractivity contribution is 5.89. The average Bonchev–Trinajstić information content (AvgIpc) is 2.65. The molecule has 128 valence electrons. The van der Waals surface area contributed by atoms with E-state index in [1.165, 1.54) is 0 Å². The van der Waals surface area contributed by atoms with Crippen LogP contribution in [0.5, 0.6) is 0 Å². The molecule has 0 N–H and O–H groups in total. The third kappa shape index (κ3) is 5.85. The molecule has 0 bridgehead atoms. The maximum absolute atomic E-state index is 12.5. The van der Waals surface area contributed by atoms with E-state index in [-0.39, 0.29) is 30.7 Å². The molecule has 1 rings (SSSR count). The van der Waals surface area contributed by atoms with Crippen LogP contribution in [0.3, 0.4) is 0 Å². The van der Waals surface area contributed by atoms with Crippen LogP contribution in [0.15, 0.2) is 0 Å². The van der Waals surface area contributed by atoms with Crippen LogP contribution in [0.4, 0.5) is 13.2 Å². The normalized spacial score (nSPS) is 19.4. The first-order chi connectivity index (χ1) is 9.99. The Labute approximate surface area is 129 Å². The van der Waals surface area contributed by atoms with Gasteiger partial charge >= 0.3 is 6.18 Å². The van der Waals surface area contributed by atoms with Crippen LogP contribution in [-0.4, -0.2) is 54.0 Å². The first kappa shape index (κ1) is 18.8. The van der Waals surface area contributed by atoms with Crippen molar-refractivity contribution in [3.05, 3.63) is 0 Å². The lowest BCUT2D eigenvalue weighted by molar-refractivity contribution is -0.157. The first-order valence-corrected chi connectivity index (χ1v) is 7.63. The zero-order valence-corrected chi connectivity index (χ0v) is 13.6. The summed E-state index contributed by atoms with van der Waals surface area (Å²) in [6.07, 6.45) is -4.55. The van der Waals surface area contributed by atoms with Crippen LogP contribution >= 0.6 is 0 Å². The second kappa shape index (κ2) is 7.33. The molecule has 1 heterocycles. The summed E-state index contributed by atoms with van der Waals surface area (Å²) in [6.45, 7) is 7.63. The number of carbonyl (C=O) groups excluding carboxylic acids is 2. The molecule has 1 saturated heterocycles. The quantitative estimate of drug-likeness (QED) is 0.754. The van der Waals surface area contributed by atoms with Gasteiger partial charge in [-0.25, -0.2) is 0 Å². The van der Waals surface area contributed by atoms with Crippen molar-refractivity contribution in [2.24, 2.45) is 17.8 Å². The number of amides is 2. The summed E-state index contributed by atoms with van der Waals surface area (Å²) in [6, 6.07) is 0. The van der Waals surface area contributed by atoms with Gasteiger partial charge in [0.15, 0.2) is 0 Å². The summed E-state index contributed by atoms with van der Waals surface area (Å²) in [5.74, 6) is -0.922. The highest BCUT2D eigenvalue weighted by atomic mass is 19.4. The zero-order valence-electron chi connectivity index (χ0n) is 13.6. The monoisotopic (exact) mass is 322 g/mol. The summed E-state index contributed by atoms with van der Waals surface area (Å²) in [5.41, 5.74) is 0. The largest absolute Gasteiger partial charge is 0.406 e. The van der Waals surface area contributed by atoms with Crippen molar-refractivity contribution < 1.29 is 22.8 Å². The van der Waals surface area contributed by atoms with E-state index in [1.54, 1.807) is 4.90 Å². The van der Waals surface area contributed by atoms with Gasteiger partial charge in [-0.05, 0) is 11.8 Å². The Bertz CT molecular complexity index is 398. The predicted molar refractivity (Wildman–Crippen MR) is 77.0 cm³/mol. The van der Waals surface area contributed by atoms with Crippen molar-refractivity contribution in [3.63, 3.8) is 0 Å². The highest BCUT2D eigenvalue weighted by Crippen LogP contribution is 2.25. The number of carbonyl (C=O) groups is 2. The van der Waals surface area contributed by atoms with E-state index in [0.29, 0.717) is 13.1 Å². The number of rotatable bonds is 6. The van der Waals surface area contributed by atoms with E-state index in [2.05, 4.69) is 0 Å². The van der Waals surface area contributed by atoms with Crippen molar-refractivity contribution in [2.75, 3.05) is 26.2 Å². The zero-order chi connectivity index (χ0) is 17.1. The Hall–Kier alpha value is -1.27. The SMILES string of the molecule is CC(C)CN(CC(C)C)C(=O)[C@H]1CC(=O)N(CC(F)(F)F)C1. The maximum atomic E-state index is 12.5. The summed E-state index contributed by atoms with van der Waals surface area (Å²) < 4.78 is 37.3. The molecule has 7 heteroatoms. The lowest BCUT2D eigenvalue weighted by Crippen LogP contribution is -2.42. The molecule has 1 aliphatic heterocycles. The molecule has 0 aromatic rings. The van der Waals surface area contributed by atoms with E-state index >= 15 is 0 Å². The van der Waals surface area contributed by atoms with E-state index < -0.39 is 24.5 Å². The Balaban J connectivity index is 2.72. The standard InChI is InChI=1S/C15H25F3N2O2/c1-10(2)6-19(7-11(3)4)14(22)12-5-13(21)20(8-12)9-15(16,17)18/h10-12H,5-9H2,1-4H3/t12-/m0/s1. The molecule has 2 amide bonds. The van der Waals surface area contributed by atoms with Gasteiger partial charge in [0.25, 0.3) is 0 Å². The number of halogens is 3. The van der Waals surface area contributed by atoms with Crippen LogP contribution in [-0.2, 0) is 9.59 Å². The van der Waals surface area contributed by atoms with E-state index in [0.717, 1.165) is 4.90 Å². The Morgan fingerprint density at radius 1 is 1.23 bits per heavy atom. The summed E-state index contributed by atoms with van der Waals surface area (Å²) >= 11 is 0. The van der Waals surface area contributed by atoms with Crippen LogP contribution in [0.2, 0.25) is 0 Å². The van der Waals surface area contributed by atoms with E-state index in [4.69, 9.17) is 0 Å². The van der Waals surface area contributed by atoms with Gasteiger partial charge in [-0.1, -0.05) is 27.7 Å². The minimum absolute atomic E-state index is 0.123. The Kier molecular flexibility index (Phi) is 6.26. The van der Waals surface area contributed by atoms with Gasteiger partial charge in [-0.2, -0.15) is 13.2 Å². The molecule has 0 aromatic heterocycles. The van der Waals surface area contributed by atoms with Crippen molar-refractivity contribution >= 4 is 11.8 Å². The fraction of sp³-hybridized carbons (Fsp3) is 0.867. The number of hydrogen-bond donors (Lipinski definition) is 0. The maximum Gasteiger partial charge on any atom is 0.406 e. The van der Waals surface area contributed by atoms with Crippen LogP contribution in [0.25, 0.3) is 0 Å². The molecule has 0 saturated carbocycles. The second-order valence-corrected chi connectivity index (χ2v) is 6.82. The molecule has 4 nitrogen and oxygen atoms in total. The van der Waals surface area contributed by atoms with Crippen molar-refractivity contribution in [3.8, 4) is 0 Å². The average molecular weight is 322 g/mol. The molecule has 0 aromatic carbocycles. The molecule has 0 unspecified atom stereocenters. The lowest BCUT2D eigenvalue weighted by Gasteiger charge is -2.29. The molecule has 0 aliphatic carbocycles. The molecular formula is C15H25F3N2O2. The van der Waals surface area contributed by atoms with Gasteiger partial charge in [0, 0.05) is 26.1 Å². The van der Waals surface area contributed by atoms with Crippen molar-refractivity contribution in [1.82, 2.24) is 9.80 Å². The first-order valence-electron chi connectivity index (χ1n) is 7.63. The minimum atomic E-state index is -4.43. The second-order valence-electron chi connectivity index (χ2n) is 6.82. The van der Waals surface area contributed by atoms with Gasteiger partial charge in [-0.3, -0.25) is 9.59 Å². The Morgan fingerprint density at radius 2 is 1.73 bits per heavy atom. The van der Waals surface area contributed by atoms with Gasteiger partial charge < -0.3 is 9.80 Å². The van der Waals surface area contributed by atoms with Gasteiger partial charge in [-0.15, -0.1) is 0 Å². The van der Waals surface area contributed by atoms with Crippen molar-refractivity contribution in [1.29, 1.82) is 0 Å². The van der Waals surface area contributed by atoms with Crippen LogP contribution < -0.4 is 0 Å². The van der Waals surface area contributed by atoms with Crippen LogP contribution in [0, 0.1) is 17.8 Å². The fourth-order valence-electron chi connectivity index (χ4n) is 2.70. The van der Waals surface area contributed by atoms with Crippen molar-refractivity contribution in [2.45, 2.75) is 40.3 Å². The summed E-state index contributed by atoms with van der Waals surface area (Å²) in [5, 5.41) is 0. The predicted octanol–water partition coefficient (Wildman–Crippen LogP) is 2.54.